The number of rotatable bonds is 11. The second kappa shape index (κ2) is 12.0. The molecule has 0 aromatic heterocycles. The Morgan fingerprint density at radius 2 is 1.83 bits per heavy atom. The van der Waals surface area contributed by atoms with Crippen LogP contribution in [0.2, 0.25) is 0 Å². The first-order valence-corrected chi connectivity index (χ1v) is 11.6. The number of carbonyl (C=O) groups excluding carboxylic acids is 2. The quantitative estimate of drug-likeness (QED) is 0.207. The molecule has 0 saturated heterocycles. The lowest BCUT2D eigenvalue weighted by molar-refractivity contribution is -0.384. The van der Waals surface area contributed by atoms with Crippen LogP contribution in [-0.2, 0) is 19.1 Å². The topological polar surface area (TPSA) is 149 Å². The van der Waals surface area contributed by atoms with Gasteiger partial charge in [-0.15, -0.1) is 0 Å². The van der Waals surface area contributed by atoms with Crippen LogP contribution >= 0.6 is 0 Å². The largest absolute Gasteiger partial charge is 0.468 e. The lowest BCUT2D eigenvalue weighted by Gasteiger charge is -2.36. The van der Waals surface area contributed by atoms with Crippen LogP contribution < -0.4 is 0 Å². The molecule has 10 heteroatoms. The zero-order valence-electron chi connectivity index (χ0n) is 20.8. The fraction of sp³-hybridized carbons (Fsp3) is 0.560. The molecule has 1 aliphatic rings. The summed E-state index contributed by atoms with van der Waals surface area (Å²) in [6.45, 7) is 6.80. The molecule has 2 N–H and O–H groups in total. The number of aliphatic imine (C=N–C) groups is 1. The zero-order valence-corrected chi connectivity index (χ0v) is 20.8. The molecule has 0 bridgehead atoms. The SMILES string of the molecule is CCCC(CCC)(COC(=O)C1=C(C)N=C(C)C(C(=O)OC)C1c1cccc([N+](=O)[O-])c1)C(O)O. The number of aliphatic hydroxyl groups excluding tert-OH is 1. The Hall–Kier alpha value is -3.11. The summed E-state index contributed by atoms with van der Waals surface area (Å²) in [5.74, 6) is -3.34. The van der Waals surface area contributed by atoms with E-state index < -0.39 is 40.4 Å². The van der Waals surface area contributed by atoms with Gasteiger partial charge < -0.3 is 19.7 Å². The molecule has 2 atom stereocenters. The number of non-ortho nitro benzene ring substituents is 1. The highest BCUT2D eigenvalue weighted by Gasteiger charge is 2.44. The Bertz CT molecular complexity index is 1010. The molecule has 35 heavy (non-hydrogen) atoms. The highest BCUT2D eigenvalue weighted by Crippen LogP contribution is 2.41. The summed E-state index contributed by atoms with van der Waals surface area (Å²) >= 11 is 0. The summed E-state index contributed by atoms with van der Waals surface area (Å²) in [7, 11) is 1.22. The monoisotopic (exact) mass is 490 g/mol. The van der Waals surface area contributed by atoms with E-state index in [1.54, 1.807) is 19.9 Å². The van der Waals surface area contributed by atoms with Crippen molar-refractivity contribution in [1.82, 2.24) is 0 Å². The Balaban J connectivity index is 2.56. The Kier molecular flexibility index (Phi) is 9.67. The maximum Gasteiger partial charge on any atom is 0.336 e. The summed E-state index contributed by atoms with van der Waals surface area (Å²) in [5, 5.41) is 31.6. The smallest absolute Gasteiger partial charge is 0.336 e. The van der Waals surface area contributed by atoms with Crippen molar-refractivity contribution in [1.29, 1.82) is 0 Å². The third-order valence-electron chi connectivity index (χ3n) is 6.48. The summed E-state index contributed by atoms with van der Waals surface area (Å²) in [4.78, 5) is 41.4. The summed E-state index contributed by atoms with van der Waals surface area (Å²) in [5.41, 5.74) is -0.0779. The van der Waals surface area contributed by atoms with Crippen molar-refractivity contribution in [2.75, 3.05) is 13.7 Å². The fourth-order valence-corrected chi connectivity index (χ4v) is 4.81. The number of carbonyl (C=O) groups is 2. The van der Waals surface area contributed by atoms with E-state index in [1.807, 2.05) is 13.8 Å². The molecular formula is C25H34N2O8. The zero-order chi connectivity index (χ0) is 26.3. The second-order valence-electron chi connectivity index (χ2n) is 8.90. The maximum absolute atomic E-state index is 13.5. The van der Waals surface area contributed by atoms with Crippen LogP contribution in [0.4, 0.5) is 5.69 Å². The first-order valence-electron chi connectivity index (χ1n) is 11.6. The van der Waals surface area contributed by atoms with E-state index in [0.717, 1.165) is 0 Å². The molecular weight excluding hydrogens is 456 g/mol. The van der Waals surface area contributed by atoms with Crippen molar-refractivity contribution >= 4 is 23.3 Å². The van der Waals surface area contributed by atoms with Gasteiger partial charge in [-0.1, -0.05) is 38.8 Å². The van der Waals surface area contributed by atoms with Gasteiger partial charge in [0.05, 0.1) is 23.0 Å². The predicted molar refractivity (Wildman–Crippen MR) is 129 cm³/mol. The maximum atomic E-state index is 13.5. The van der Waals surface area contributed by atoms with Gasteiger partial charge in [-0.2, -0.15) is 0 Å². The number of methoxy groups -OCH3 is 1. The Labute approximate surface area is 204 Å². The molecule has 10 nitrogen and oxygen atoms in total. The highest BCUT2D eigenvalue weighted by atomic mass is 16.6. The van der Waals surface area contributed by atoms with E-state index in [9.17, 15) is 29.9 Å². The number of aliphatic hydroxyl groups is 2. The molecule has 0 radical (unpaired) electrons. The number of hydrogen-bond donors (Lipinski definition) is 2. The van der Waals surface area contributed by atoms with Gasteiger partial charge in [-0.25, -0.2) is 4.79 Å². The van der Waals surface area contributed by atoms with E-state index in [1.165, 1.54) is 25.3 Å². The minimum absolute atomic E-state index is 0.0702. The van der Waals surface area contributed by atoms with Gasteiger partial charge in [-0.05, 0) is 32.3 Å². The predicted octanol–water partition coefficient (Wildman–Crippen LogP) is 3.66. The Morgan fingerprint density at radius 1 is 1.20 bits per heavy atom. The lowest BCUT2D eigenvalue weighted by Crippen LogP contribution is -2.41. The van der Waals surface area contributed by atoms with Gasteiger partial charge in [0.1, 0.15) is 12.5 Å². The lowest BCUT2D eigenvalue weighted by atomic mass is 9.75. The van der Waals surface area contributed by atoms with Crippen LogP contribution in [0.1, 0.15) is 64.9 Å². The first kappa shape index (κ1) is 28.1. The molecule has 192 valence electrons. The number of nitro benzene ring substituents is 1. The van der Waals surface area contributed by atoms with Crippen molar-refractivity contribution < 1.29 is 34.2 Å². The van der Waals surface area contributed by atoms with E-state index in [0.29, 0.717) is 42.7 Å². The normalized spacial score (nSPS) is 18.3. The van der Waals surface area contributed by atoms with E-state index in [-0.39, 0.29) is 17.9 Å². The van der Waals surface area contributed by atoms with Crippen LogP contribution in [0.25, 0.3) is 0 Å². The van der Waals surface area contributed by atoms with Gasteiger partial charge >= 0.3 is 11.9 Å². The highest BCUT2D eigenvalue weighted by molar-refractivity contribution is 6.07. The molecule has 0 amide bonds. The summed E-state index contributed by atoms with van der Waals surface area (Å²) in [6.07, 6.45) is 0.482. The fourth-order valence-electron chi connectivity index (χ4n) is 4.81. The number of nitrogens with zero attached hydrogens (tertiary/aromatic N) is 2. The minimum Gasteiger partial charge on any atom is -0.468 e. The van der Waals surface area contributed by atoms with Crippen molar-refractivity contribution in [2.45, 2.75) is 65.6 Å². The third kappa shape index (κ3) is 6.12. The van der Waals surface area contributed by atoms with Gasteiger partial charge in [0.2, 0.25) is 0 Å². The third-order valence-corrected chi connectivity index (χ3v) is 6.48. The molecule has 1 aliphatic heterocycles. The molecule has 1 aromatic rings. The summed E-state index contributed by atoms with van der Waals surface area (Å²) in [6, 6.07) is 5.72. The van der Waals surface area contributed by atoms with Crippen LogP contribution in [-0.4, -0.2) is 52.8 Å². The standard InChI is InChI=1S/C25H34N2O8/c1-6-11-25(12-7-2,24(30)31)14-35-23(29)20-16(4)26-15(3)19(22(28)34-5)21(20)17-9-8-10-18(13-17)27(32)33/h8-10,13,19,21,24,30-31H,6-7,11-12,14H2,1-5H3. The average molecular weight is 491 g/mol. The number of allylic oxidation sites excluding steroid dienone is 1. The molecule has 0 fully saturated rings. The van der Waals surface area contributed by atoms with Gasteiger partial charge in [-0.3, -0.25) is 19.9 Å². The Morgan fingerprint density at radius 3 is 2.34 bits per heavy atom. The average Bonchev–Trinajstić information content (AvgIpc) is 2.81. The number of nitro groups is 1. The number of ether oxygens (including phenoxy) is 2. The minimum atomic E-state index is -1.69. The van der Waals surface area contributed by atoms with E-state index in [2.05, 4.69) is 4.99 Å². The van der Waals surface area contributed by atoms with Crippen LogP contribution in [0.3, 0.4) is 0 Å². The first-order chi connectivity index (χ1) is 16.5. The molecule has 0 spiro atoms. The van der Waals surface area contributed by atoms with Crippen molar-refractivity contribution in [2.24, 2.45) is 16.3 Å². The van der Waals surface area contributed by atoms with Crippen molar-refractivity contribution in [3.63, 3.8) is 0 Å². The van der Waals surface area contributed by atoms with E-state index in [4.69, 9.17) is 9.47 Å². The molecule has 1 heterocycles. The second-order valence-corrected chi connectivity index (χ2v) is 8.90. The number of benzene rings is 1. The molecule has 0 aliphatic carbocycles. The summed E-state index contributed by atoms with van der Waals surface area (Å²) < 4.78 is 10.6. The van der Waals surface area contributed by atoms with Crippen LogP contribution in [0.15, 0.2) is 40.5 Å². The van der Waals surface area contributed by atoms with Gasteiger partial charge in [0, 0.05) is 29.5 Å². The van der Waals surface area contributed by atoms with Crippen molar-refractivity contribution in [3.8, 4) is 0 Å². The van der Waals surface area contributed by atoms with Crippen LogP contribution in [0, 0.1) is 21.4 Å². The van der Waals surface area contributed by atoms with Gasteiger partial charge in [0.25, 0.3) is 5.69 Å². The number of hydrogen-bond acceptors (Lipinski definition) is 9. The van der Waals surface area contributed by atoms with Crippen molar-refractivity contribution in [3.05, 3.63) is 51.2 Å². The van der Waals surface area contributed by atoms with E-state index >= 15 is 0 Å². The molecule has 2 rings (SSSR count). The molecule has 0 saturated carbocycles. The van der Waals surface area contributed by atoms with Gasteiger partial charge in [0.15, 0.2) is 6.29 Å². The van der Waals surface area contributed by atoms with Crippen LogP contribution in [0.5, 0.6) is 0 Å². The number of esters is 2. The molecule has 2 unspecified atom stereocenters. The molecule has 1 aromatic carbocycles.